The van der Waals surface area contributed by atoms with Gasteiger partial charge >= 0.3 is 6.09 Å². The average Bonchev–Trinajstić information content (AvgIpc) is 3.58. The molecule has 3 amide bonds. The summed E-state index contributed by atoms with van der Waals surface area (Å²) in [6.07, 6.45) is 0.888. The van der Waals surface area contributed by atoms with Crippen molar-refractivity contribution in [3.63, 3.8) is 0 Å². The van der Waals surface area contributed by atoms with E-state index in [1.54, 1.807) is 24.3 Å². The number of methoxy groups -OCH3 is 1. The van der Waals surface area contributed by atoms with Crippen LogP contribution >= 0.6 is 22.9 Å². The van der Waals surface area contributed by atoms with E-state index in [0.29, 0.717) is 15.8 Å². The Morgan fingerprint density at radius 3 is 2.66 bits per heavy atom. The number of likely N-dealkylation sites (N-methyl/N-ethyl adjacent to an activating group) is 1. The number of carbonyl (C=O) groups is 3. The minimum Gasteiger partial charge on any atom is -0.453 e. The van der Waals surface area contributed by atoms with Crippen LogP contribution in [0.2, 0.25) is 4.34 Å². The second kappa shape index (κ2) is 11.8. The maximum atomic E-state index is 15.5. The van der Waals surface area contributed by atoms with E-state index in [1.807, 2.05) is 0 Å². The lowest BCUT2D eigenvalue weighted by molar-refractivity contribution is -0.123. The Labute approximate surface area is 226 Å². The van der Waals surface area contributed by atoms with E-state index < -0.39 is 35.7 Å². The van der Waals surface area contributed by atoms with Crippen molar-refractivity contribution in [2.45, 2.75) is 6.04 Å². The van der Waals surface area contributed by atoms with Crippen LogP contribution in [0.4, 0.5) is 14.9 Å². The highest BCUT2D eigenvalue weighted by molar-refractivity contribution is 7.18. The molecule has 2 atom stereocenters. The van der Waals surface area contributed by atoms with Crippen molar-refractivity contribution in [2.75, 3.05) is 38.8 Å². The van der Waals surface area contributed by atoms with E-state index in [2.05, 4.69) is 10.6 Å². The maximum absolute atomic E-state index is 15.5. The summed E-state index contributed by atoms with van der Waals surface area (Å²) in [6.45, 7) is 0.211. The summed E-state index contributed by atoms with van der Waals surface area (Å²) >= 11 is 7.00. The molecule has 38 heavy (non-hydrogen) atoms. The van der Waals surface area contributed by atoms with Gasteiger partial charge in [0.25, 0.3) is 11.5 Å². The zero-order chi connectivity index (χ0) is 27.4. The fraction of sp³-hybridized carbons (Fsp3) is 0.280. The molecule has 1 aromatic carbocycles. The van der Waals surface area contributed by atoms with Crippen LogP contribution in [-0.2, 0) is 9.53 Å². The molecule has 13 heteroatoms. The molecule has 1 saturated heterocycles. The van der Waals surface area contributed by atoms with Gasteiger partial charge in [-0.15, -0.1) is 11.3 Å². The molecule has 3 heterocycles. The number of aromatic nitrogens is 1. The quantitative estimate of drug-likeness (QED) is 0.429. The molecule has 0 bridgehead atoms. The Balaban J connectivity index is 1.66. The van der Waals surface area contributed by atoms with Gasteiger partial charge in [-0.1, -0.05) is 17.7 Å². The third-order valence-corrected chi connectivity index (χ3v) is 7.47. The SMILES string of the molecule is COC(=O)N(C)C1CNC[C@@H]1C(=O)N(CNC(=O)c1ccc(Cl)s1)c1ccc(-n2ccccc2=O)cc1F. The lowest BCUT2D eigenvalue weighted by Gasteiger charge is -2.31. The smallest absolute Gasteiger partial charge is 0.409 e. The van der Waals surface area contributed by atoms with Crippen molar-refractivity contribution >= 4 is 46.5 Å². The number of ether oxygens (including phenoxy) is 1. The highest BCUT2D eigenvalue weighted by Crippen LogP contribution is 2.27. The molecular weight excluding hydrogens is 537 g/mol. The van der Waals surface area contributed by atoms with Crippen molar-refractivity contribution in [1.82, 2.24) is 20.1 Å². The van der Waals surface area contributed by atoms with Crippen LogP contribution in [0.25, 0.3) is 5.69 Å². The molecule has 10 nitrogen and oxygen atoms in total. The van der Waals surface area contributed by atoms with Crippen LogP contribution in [0.3, 0.4) is 0 Å². The molecule has 2 aromatic heterocycles. The number of carbonyl (C=O) groups excluding carboxylic acids is 3. The molecule has 1 aliphatic heterocycles. The molecule has 1 fully saturated rings. The monoisotopic (exact) mass is 561 g/mol. The van der Waals surface area contributed by atoms with Gasteiger partial charge in [0.1, 0.15) is 5.82 Å². The fourth-order valence-corrected chi connectivity index (χ4v) is 5.22. The molecule has 0 saturated carbocycles. The first-order chi connectivity index (χ1) is 18.2. The van der Waals surface area contributed by atoms with Crippen LogP contribution in [-0.4, -0.2) is 67.3 Å². The second-order valence-corrected chi connectivity index (χ2v) is 10.2. The molecule has 4 rings (SSSR count). The summed E-state index contributed by atoms with van der Waals surface area (Å²) in [6, 6.07) is 11.1. The van der Waals surface area contributed by atoms with Gasteiger partial charge in [-0.3, -0.25) is 23.9 Å². The first-order valence-corrected chi connectivity index (χ1v) is 12.7. The van der Waals surface area contributed by atoms with Gasteiger partial charge in [-0.2, -0.15) is 0 Å². The van der Waals surface area contributed by atoms with Crippen LogP contribution in [0.15, 0.2) is 59.5 Å². The van der Waals surface area contributed by atoms with Gasteiger partial charge in [-0.25, -0.2) is 9.18 Å². The number of rotatable bonds is 7. The van der Waals surface area contributed by atoms with Crippen molar-refractivity contribution < 1.29 is 23.5 Å². The Hall–Kier alpha value is -3.74. The fourth-order valence-electron chi connectivity index (χ4n) is 4.26. The Morgan fingerprint density at radius 2 is 2.00 bits per heavy atom. The third kappa shape index (κ3) is 5.72. The Kier molecular flexibility index (Phi) is 8.45. The van der Waals surface area contributed by atoms with Crippen molar-refractivity contribution in [1.29, 1.82) is 0 Å². The van der Waals surface area contributed by atoms with E-state index in [0.717, 1.165) is 22.3 Å². The molecular formula is C25H25ClFN5O5S. The van der Waals surface area contributed by atoms with Crippen molar-refractivity contribution in [3.8, 4) is 5.69 Å². The van der Waals surface area contributed by atoms with Crippen molar-refractivity contribution in [3.05, 3.63) is 80.1 Å². The summed E-state index contributed by atoms with van der Waals surface area (Å²) < 4.78 is 22.0. The zero-order valence-electron chi connectivity index (χ0n) is 20.5. The highest BCUT2D eigenvalue weighted by Gasteiger charge is 2.40. The van der Waals surface area contributed by atoms with E-state index in [-0.39, 0.29) is 30.1 Å². The highest BCUT2D eigenvalue weighted by atomic mass is 35.5. The predicted molar refractivity (Wildman–Crippen MR) is 141 cm³/mol. The summed E-state index contributed by atoms with van der Waals surface area (Å²) in [5, 5.41) is 5.73. The predicted octanol–water partition coefficient (Wildman–Crippen LogP) is 2.70. The number of hydrogen-bond acceptors (Lipinski definition) is 7. The number of benzene rings is 1. The van der Waals surface area contributed by atoms with Crippen LogP contribution in [0.5, 0.6) is 0 Å². The molecule has 0 aliphatic carbocycles. The van der Waals surface area contributed by atoms with E-state index in [4.69, 9.17) is 16.3 Å². The average molecular weight is 562 g/mol. The molecule has 0 spiro atoms. The van der Waals surface area contributed by atoms with Gasteiger partial charge in [0.05, 0.1) is 46.3 Å². The summed E-state index contributed by atoms with van der Waals surface area (Å²) in [5.74, 6) is -2.52. The molecule has 2 N–H and O–H groups in total. The van der Waals surface area contributed by atoms with E-state index in [9.17, 15) is 19.2 Å². The summed E-state index contributed by atoms with van der Waals surface area (Å²) in [5.41, 5.74) is -0.175. The maximum Gasteiger partial charge on any atom is 0.409 e. The van der Waals surface area contributed by atoms with Gasteiger partial charge in [0, 0.05) is 38.5 Å². The first-order valence-electron chi connectivity index (χ1n) is 11.5. The molecule has 3 aromatic rings. The largest absolute Gasteiger partial charge is 0.453 e. The minimum atomic E-state index is -0.774. The molecule has 1 unspecified atom stereocenters. The normalized spacial score (nSPS) is 16.6. The Morgan fingerprint density at radius 1 is 1.21 bits per heavy atom. The summed E-state index contributed by atoms with van der Waals surface area (Å²) in [4.78, 5) is 53.6. The molecule has 200 valence electrons. The Bertz CT molecular complexity index is 1410. The van der Waals surface area contributed by atoms with Crippen LogP contribution < -0.4 is 21.1 Å². The third-order valence-electron chi connectivity index (χ3n) is 6.24. The van der Waals surface area contributed by atoms with Gasteiger partial charge in [0.15, 0.2) is 0 Å². The molecule has 0 radical (unpaired) electrons. The number of nitrogens with zero attached hydrogens (tertiary/aromatic N) is 3. The number of anilines is 1. The van der Waals surface area contributed by atoms with E-state index in [1.165, 1.54) is 48.0 Å². The number of amides is 3. The van der Waals surface area contributed by atoms with Gasteiger partial charge < -0.3 is 20.3 Å². The molecule has 1 aliphatic rings. The minimum absolute atomic E-state index is 0.0985. The lowest BCUT2D eigenvalue weighted by Crippen LogP contribution is -2.51. The zero-order valence-corrected chi connectivity index (χ0v) is 22.1. The van der Waals surface area contributed by atoms with Gasteiger partial charge in [0.2, 0.25) is 5.91 Å². The number of nitrogens with one attached hydrogen (secondary N) is 2. The topological polar surface area (TPSA) is 113 Å². The van der Waals surface area contributed by atoms with Crippen LogP contribution in [0.1, 0.15) is 9.67 Å². The van der Waals surface area contributed by atoms with Gasteiger partial charge in [-0.05, 0) is 30.3 Å². The number of halogens is 2. The first kappa shape index (κ1) is 27.3. The lowest BCUT2D eigenvalue weighted by atomic mass is 10.0. The van der Waals surface area contributed by atoms with Crippen molar-refractivity contribution in [2.24, 2.45) is 5.92 Å². The number of thiophene rings is 1. The number of hydrogen-bond donors (Lipinski definition) is 2. The van der Waals surface area contributed by atoms with Crippen LogP contribution in [0, 0.1) is 11.7 Å². The number of pyridine rings is 1. The standard InChI is InChI=1S/C25H25ClFN5O5S/c1-30(25(36)37-2)19-13-28-12-16(19)24(35)32(14-29-23(34)20-8-9-21(26)38-20)18-7-6-15(11-17(18)27)31-10-4-3-5-22(31)33/h3-11,16,19,28H,12-14H2,1-2H3,(H,29,34)/t16-,19?/m0/s1. The summed E-state index contributed by atoms with van der Waals surface area (Å²) in [7, 11) is 2.76. The van der Waals surface area contributed by atoms with E-state index >= 15 is 4.39 Å². The second-order valence-electron chi connectivity index (χ2n) is 8.49.